The molecule has 0 atom stereocenters. The molecule has 2 heterocycles. The van der Waals surface area contributed by atoms with Gasteiger partial charge in [-0.1, -0.05) is 29.5 Å². The average Bonchev–Trinajstić information content (AvgIpc) is 2.98. The fourth-order valence-electron chi connectivity index (χ4n) is 2.59. The normalized spacial score (nSPS) is 15.5. The monoisotopic (exact) mass is 316 g/mol. The molecule has 2 aromatic rings. The number of nitrogens with zero attached hydrogens (tertiary/aromatic N) is 2. The van der Waals surface area contributed by atoms with Crippen LogP contribution in [-0.4, -0.2) is 28.0 Å². The van der Waals surface area contributed by atoms with E-state index in [4.69, 9.17) is 0 Å². The van der Waals surface area contributed by atoms with E-state index in [9.17, 15) is 15.2 Å². The van der Waals surface area contributed by atoms with E-state index >= 15 is 0 Å². The fraction of sp³-hybridized carbons (Fsp3) is 0.250. The Kier molecular flexibility index (Phi) is 4.22. The van der Waals surface area contributed by atoms with Gasteiger partial charge in [0.1, 0.15) is 5.75 Å². The second kappa shape index (κ2) is 6.29. The average molecular weight is 316 g/mol. The third kappa shape index (κ3) is 3.35. The molecule has 22 heavy (non-hydrogen) atoms. The van der Waals surface area contributed by atoms with Crippen LogP contribution in [0.5, 0.6) is 5.75 Å². The molecule has 1 aliphatic rings. The maximum Gasteiger partial charge on any atom is 0.324 e. The van der Waals surface area contributed by atoms with Crippen molar-refractivity contribution in [3.8, 4) is 5.75 Å². The molecule has 5 nitrogen and oxygen atoms in total. The van der Waals surface area contributed by atoms with E-state index in [1.165, 1.54) is 16.9 Å². The van der Waals surface area contributed by atoms with Crippen LogP contribution in [0, 0.1) is 10.1 Å². The molecule has 1 aliphatic heterocycles. The maximum atomic E-state index is 10.7. The number of phenols is 1. The van der Waals surface area contributed by atoms with E-state index in [2.05, 4.69) is 11.0 Å². The summed E-state index contributed by atoms with van der Waals surface area (Å²) in [4.78, 5) is 12.6. The van der Waals surface area contributed by atoms with Gasteiger partial charge < -0.3 is 5.11 Å². The summed E-state index contributed by atoms with van der Waals surface area (Å²) < 4.78 is 0. The van der Waals surface area contributed by atoms with Crippen LogP contribution in [0.15, 0.2) is 41.8 Å². The van der Waals surface area contributed by atoms with Crippen molar-refractivity contribution in [2.45, 2.75) is 13.0 Å². The van der Waals surface area contributed by atoms with Gasteiger partial charge >= 0.3 is 5.00 Å². The quantitative estimate of drug-likeness (QED) is 0.690. The lowest BCUT2D eigenvalue weighted by Gasteiger charge is -2.26. The summed E-state index contributed by atoms with van der Waals surface area (Å²) >= 11 is 1.18. The van der Waals surface area contributed by atoms with Crippen LogP contribution in [0.3, 0.4) is 0 Å². The zero-order valence-corrected chi connectivity index (χ0v) is 12.8. The number of hydrogen-bond donors (Lipinski definition) is 1. The van der Waals surface area contributed by atoms with Crippen LogP contribution in [0.1, 0.15) is 17.5 Å². The van der Waals surface area contributed by atoms with E-state index in [-0.39, 0.29) is 15.7 Å². The second-order valence-corrected chi connectivity index (χ2v) is 6.20. The van der Waals surface area contributed by atoms with Crippen LogP contribution in [-0.2, 0) is 6.54 Å². The molecule has 0 aliphatic carbocycles. The van der Waals surface area contributed by atoms with Crippen molar-refractivity contribution in [1.29, 1.82) is 0 Å². The molecule has 1 N–H and O–H groups in total. The Morgan fingerprint density at radius 3 is 2.68 bits per heavy atom. The largest absolute Gasteiger partial charge is 0.508 e. The molecule has 114 valence electrons. The van der Waals surface area contributed by atoms with Crippen LogP contribution in [0.4, 0.5) is 5.00 Å². The fourth-order valence-corrected chi connectivity index (χ4v) is 3.31. The van der Waals surface area contributed by atoms with Crippen molar-refractivity contribution < 1.29 is 10.0 Å². The molecule has 0 saturated heterocycles. The molecule has 0 radical (unpaired) electrons. The highest BCUT2D eigenvalue weighted by molar-refractivity contribution is 7.13. The summed E-state index contributed by atoms with van der Waals surface area (Å²) in [7, 11) is 0. The van der Waals surface area contributed by atoms with Gasteiger partial charge in [0.2, 0.25) is 0 Å². The molecular weight excluding hydrogens is 300 g/mol. The number of thiophene rings is 1. The third-order valence-electron chi connectivity index (χ3n) is 3.76. The molecular formula is C16H16N2O3S. The van der Waals surface area contributed by atoms with Gasteiger partial charge in [-0.3, -0.25) is 15.0 Å². The van der Waals surface area contributed by atoms with Crippen LogP contribution >= 0.6 is 11.3 Å². The van der Waals surface area contributed by atoms with Gasteiger partial charge in [-0.2, -0.15) is 0 Å². The highest BCUT2D eigenvalue weighted by atomic mass is 32.1. The molecule has 0 spiro atoms. The number of phenolic OH excluding ortho intramolecular Hbond substituents is 1. The number of aromatic hydroxyl groups is 1. The predicted octanol–water partition coefficient (Wildman–Crippen LogP) is 3.65. The highest BCUT2D eigenvalue weighted by Crippen LogP contribution is 2.27. The first-order chi connectivity index (χ1) is 10.6. The number of hydrogen-bond acceptors (Lipinski definition) is 5. The lowest BCUT2D eigenvalue weighted by molar-refractivity contribution is -0.380. The lowest BCUT2D eigenvalue weighted by atomic mass is 9.99. The topological polar surface area (TPSA) is 66.6 Å². The molecule has 0 amide bonds. The van der Waals surface area contributed by atoms with Gasteiger partial charge in [0.05, 0.1) is 4.92 Å². The maximum absolute atomic E-state index is 10.7. The van der Waals surface area contributed by atoms with Gasteiger partial charge in [-0.15, -0.1) is 0 Å². The van der Waals surface area contributed by atoms with Gasteiger partial charge in [0.25, 0.3) is 0 Å². The third-order valence-corrected chi connectivity index (χ3v) is 4.69. The molecule has 0 unspecified atom stereocenters. The van der Waals surface area contributed by atoms with Crippen LogP contribution < -0.4 is 0 Å². The number of rotatable bonds is 4. The molecule has 0 bridgehead atoms. The minimum Gasteiger partial charge on any atom is -0.508 e. The van der Waals surface area contributed by atoms with Crippen molar-refractivity contribution in [3.05, 3.63) is 63.0 Å². The Bertz CT molecular complexity index is 706. The minimum absolute atomic E-state index is 0.201. The van der Waals surface area contributed by atoms with Gasteiger partial charge in [0.15, 0.2) is 0 Å². The molecule has 3 rings (SSSR count). The summed E-state index contributed by atoms with van der Waals surface area (Å²) in [5.41, 5.74) is 3.43. The SMILES string of the molecule is O=[N+]([O-])c1cc(CN2CC=C(c3ccc(O)cc3)CC2)cs1. The summed E-state index contributed by atoms with van der Waals surface area (Å²) in [6, 6.07) is 8.92. The van der Waals surface area contributed by atoms with Gasteiger partial charge in [-0.05, 0) is 35.3 Å². The van der Waals surface area contributed by atoms with Crippen molar-refractivity contribution >= 4 is 21.9 Å². The number of benzene rings is 1. The van der Waals surface area contributed by atoms with Crippen molar-refractivity contribution in [3.63, 3.8) is 0 Å². The van der Waals surface area contributed by atoms with Gasteiger partial charge in [-0.25, -0.2) is 0 Å². The summed E-state index contributed by atoms with van der Waals surface area (Å²) in [5.74, 6) is 0.279. The Balaban J connectivity index is 1.62. The molecule has 0 saturated carbocycles. The minimum atomic E-state index is -0.340. The highest BCUT2D eigenvalue weighted by Gasteiger charge is 2.16. The standard InChI is InChI=1S/C16H16N2O3S/c19-15-3-1-13(2-4-15)14-5-7-17(8-6-14)10-12-9-16(18(20)21)22-11-12/h1-5,9,11,19H,6-8,10H2. The number of nitro groups is 1. The Morgan fingerprint density at radius 2 is 2.09 bits per heavy atom. The smallest absolute Gasteiger partial charge is 0.324 e. The summed E-state index contributed by atoms with van der Waals surface area (Å²) in [6.07, 6.45) is 3.13. The Morgan fingerprint density at radius 1 is 1.32 bits per heavy atom. The first kappa shape index (κ1) is 14.7. The van der Waals surface area contributed by atoms with E-state index in [1.54, 1.807) is 18.2 Å². The summed E-state index contributed by atoms with van der Waals surface area (Å²) in [6.45, 7) is 2.50. The summed E-state index contributed by atoms with van der Waals surface area (Å²) in [5, 5.41) is 22.1. The molecule has 1 aromatic heterocycles. The van der Waals surface area contributed by atoms with Gasteiger partial charge in [0, 0.05) is 31.1 Å². The van der Waals surface area contributed by atoms with E-state index in [0.29, 0.717) is 0 Å². The zero-order valence-electron chi connectivity index (χ0n) is 11.9. The Hall–Kier alpha value is -2.18. The van der Waals surface area contributed by atoms with Crippen molar-refractivity contribution in [2.75, 3.05) is 13.1 Å². The molecule has 6 heteroatoms. The first-order valence-corrected chi connectivity index (χ1v) is 7.92. The Labute approximate surface area is 132 Å². The molecule has 1 aromatic carbocycles. The van der Waals surface area contributed by atoms with Crippen molar-refractivity contribution in [2.24, 2.45) is 0 Å². The van der Waals surface area contributed by atoms with Crippen LogP contribution in [0.2, 0.25) is 0 Å². The first-order valence-electron chi connectivity index (χ1n) is 7.04. The molecule has 0 fully saturated rings. The zero-order chi connectivity index (χ0) is 15.5. The van der Waals surface area contributed by atoms with Crippen molar-refractivity contribution in [1.82, 2.24) is 4.90 Å². The predicted molar refractivity (Wildman–Crippen MR) is 87.0 cm³/mol. The van der Waals surface area contributed by atoms with E-state index < -0.39 is 0 Å². The van der Waals surface area contributed by atoms with E-state index in [0.717, 1.165) is 37.2 Å². The van der Waals surface area contributed by atoms with Crippen LogP contribution in [0.25, 0.3) is 5.57 Å². The second-order valence-electron chi connectivity index (χ2n) is 5.31. The lowest BCUT2D eigenvalue weighted by Crippen LogP contribution is -2.27. The van der Waals surface area contributed by atoms with E-state index in [1.807, 2.05) is 17.5 Å².